The molecule has 42 heavy (non-hydrogen) atoms. The van der Waals surface area contributed by atoms with Crippen molar-refractivity contribution in [2.24, 2.45) is 0 Å². The van der Waals surface area contributed by atoms with Crippen LogP contribution >= 0.6 is 0 Å². The third kappa shape index (κ3) is 77.3. The van der Waals surface area contributed by atoms with Crippen LogP contribution in [0.4, 0.5) is 0 Å². The third-order valence-corrected chi connectivity index (χ3v) is 5.94. The standard InChI is InChI=1S/4C8H16O2.2Rh/c4*1-2-3-4-5-6-7-8(9)10;;/h4*2-7H2,1H3,(H,9,10);;/q;;;;2*+2/p-4. The normalized spacial score (nSPS) is 9.24. The van der Waals surface area contributed by atoms with Crippen molar-refractivity contribution in [3.05, 3.63) is 0 Å². The maximum Gasteiger partial charge on any atom is 2.00 e. The molecule has 0 bridgehead atoms. The summed E-state index contributed by atoms with van der Waals surface area (Å²) in [6, 6.07) is 0. The summed E-state index contributed by atoms with van der Waals surface area (Å²) >= 11 is 0. The van der Waals surface area contributed by atoms with Gasteiger partial charge in [0.05, 0.1) is 0 Å². The number of aliphatic carboxylic acids is 4. The van der Waals surface area contributed by atoms with E-state index in [0.717, 1.165) is 77.0 Å². The van der Waals surface area contributed by atoms with Crippen molar-refractivity contribution in [2.45, 2.75) is 182 Å². The molecule has 0 N–H and O–H groups in total. The number of carboxylic acid groups (broad SMARTS) is 4. The van der Waals surface area contributed by atoms with E-state index < -0.39 is 23.9 Å². The second-order valence-electron chi connectivity index (χ2n) is 10.1. The summed E-state index contributed by atoms with van der Waals surface area (Å²) in [7, 11) is 0. The van der Waals surface area contributed by atoms with Gasteiger partial charge in [0.2, 0.25) is 0 Å². The van der Waals surface area contributed by atoms with Gasteiger partial charge in [-0.1, -0.05) is 130 Å². The maximum absolute atomic E-state index is 9.92. The molecule has 0 aliphatic carbocycles. The second-order valence-corrected chi connectivity index (χ2v) is 10.1. The maximum atomic E-state index is 9.92. The second kappa shape index (κ2) is 49.8. The number of carbonyl (C=O) groups excluding carboxylic acids is 4. The Morgan fingerprint density at radius 1 is 0.310 bits per heavy atom. The van der Waals surface area contributed by atoms with E-state index in [0.29, 0.717) is 0 Å². The van der Waals surface area contributed by atoms with Gasteiger partial charge in [0, 0.05) is 23.9 Å². The fraction of sp³-hybridized carbons (Fsp3) is 0.875. The Kier molecular flexibility index (Phi) is 63.6. The average Bonchev–Trinajstić information content (AvgIpc) is 2.89. The quantitative estimate of drug-likeness (QED) is 0.103. The van der Waals surface area contributed by atoms with Gasteiger partial charge in [-0.05, 0) is 51.4 Å². The molecule has 254 valence electrons. The Balaban J connectivity index is -0.000000101. The van der Waals surface area contributed by atoms with Gasteiger partial charge in [-0.3, -0.25) is 0 Å². The molecule has 0 fully saturated rings. The van der Waals surface area contributed by atoms with E-state index in [1.54, 1.807) is 0 Å². The smallest absolute Gasteiger partial charge is 0.550 e. The van der Waals surface area contributed by atoms with E-state index >= 15 is 0 Å². The van der Waals surface area contributed by atoms with Crippen LogP contribution in [-0.4, -0.2) is 23.9 Å². The molecule has 8 nitrogen and oxygen atoms in total. The fourth-order valence-corrected chi connectivity index (χ4v) is 3.49. The average molecular weight is 779 g/mol. The van der Waals surface area contributed by atoms with E-state index in [-0.39, 0.29) is 64.6 Å². The topological polar surface area (TPSA) is 161 Å². The molecule has 0 aliphatic rings. The molecule has 2 radical (unpaired) electrons. The molecule has 0 amide bonds. The van der Waals surface area contributed by atoms with Gasteiger partial charge < -0.3 is 39.6 Å². The molecule has 0 saturated carbocycles. The number of unbranched alkanes of at least 4 members (excludes halogenated alkanes) is 16. The van der Waals surface area contributed by atoms with Crippen LogP contribution in [0, 0.1) is 0 Å². The minimum atomic E-state index is -0.920. The number of rotatable bonds is 24. The Morgan fingerprint density at radius 3 is 0.571 bits per heavy atom. The predicted molar refractivity (Wildman–Crippen MR) is 154 cm³/mol. The van der Waals surface area contributed by atoms with Crippen molar-refractivity contribution in [3.8, 4) is 0 Å². The van der Waals surface area contributed by atoms with Gasteiger partial charge in [0.25, 0.3) is 0 Å². The van der Waals surface area contributed by atoms with Crippen LogP contribution in [0.1, 0.15) is 182 Å². The zero-order valence-electron chi connectivity index (χ0n) is 26.9. The van der Waals surface area contributed by atoms with E-state index in [9.17, 15) is 39.6 Å². The zero-order valence-corrected chi connectivity index (χ0v) is 30.2. The zero-order chi connectivity index (χ0) is 31.3. The molecule has 0 heterocycles. The molecular formula is C32H60O8Rh2. The molecule has 0 aromatic carbocycles. The minimum absolute atomic E-state index is 0. The van der Waals surface area contributed by atoms with Crippen molar-refractivity contribution in [1.29, 1.82) is 0 Å². The summed E-state index contributed by atoms with van der Waals surface area (Å²) in [6.45, 7) is 8.55. The molecule has 10 heteroatoms. The van der Waals surface area contributed by atoms with Crippen LogP contribution in [0.2, 0.25) is 0 Å². The number of carbonyl (C=O) groups is 4. The minimum Gasteiger partial charge on any atom is -0.550 e. The number of hydrogen-bond acceptors (Lipinski definition) is 8. The van der Waals surface area contributed by atoms with E-state index in [4.69, 9.17) is 0 Å². The SMILES string of the molecule is CCCCCCCC(=O)[O-].CCCCCCCC(=O)[O-].CCCCCCCC(=O)[O-].CCCCCCCC(=O)[O-].[Rh+2].[Rh+2]. The first kappa shape index (κ1) is 53.7. The molecule has 0 rings (SSSR count). The Hall–Kier alpha value is -0.873. The Bertz CT molecular complexity index is 465. The van der Waals surface area contributed by atoms with Gasteiger partial charge in [-0.15, -0.1) is 0 Å². The van der Waals surface area contributed by atoms with E-state index in [2.05, 4.69) is 27.7 Å². The predicted octanol–water partition coefficient (Wildman–Crippen LogP) is 4.38. The largest absolute Gasteiger partial charge is 2.00 e. The fourth-order valence-electron chi connectivity index (χ4n) is 3.49. The van der Waals surface area contributed by atoms with Crippen molar-refractivity contribution < 1.29 is 78.6 Å². The molecular weight excluding hydrogens is 718 g/mol. The Morgan fingerprint density at radius 2 is 0.452 bits per heavy atom. The van der Waals surface area contributed by atoms with Gasteiger partial charge in [0.1, 0.15) is 0 Å². The van der Waals surface area contributed by atoms with Crippen molar-refractivity contribution in [3.63, 3.8) is 0 Å². The van der Waals surface area contributed by atoms with Gasteiger partial charge in [0.15, 0.2) is 0 Å². The van der Waals surface area contributed by atoms with Crippen LogP contribution in [0.15, 0.2) is 0 Å². The van der Waals surface area contributed by atoms with Crippen LogP contribution in [0.25, 0.3) is 0 Å². The summed E-state index contributed by atoms with van der Waals surface area (Å²) in [5.41, 5.74) is 0. The van der Waals surface area contributed by atoms with Crippen LogP contribution in [0.5, 0.6) is 0 Å². The van der Waals surface area contributed by atoms with Crippen molar-refractivity contribution in [1.82, 2.24) is 0 Å². The summed E-state index contributed by atoms with van der Waals surface area (Å²) in [5, 5.41) is 39.7. The molecule has 0 aromatic rings. The molecule has 0 atom stereocenters. The summed E-state index contributed by atoms with van der Waals surface area (Å²) < 4.78 is 0. The molecule has 0 aromatic heterocycles. The van der Waals surface area contributed by atoms with E-state index in [1.807, 2.05) is 0 Å². The van der Waals surface area contributed by atoms with Crippen LogP contribution in [-0.2, 0) is 58.1 Å². The first-order chi connectivity index (χ1) is 19.1. The van der Waals surface area contributed by atoms with Crippen molar-refractivity contribution >= 4 is 23.9 Å². The van der Waals surface area contributed by atoms with E-state index in [1.165, 1.54) is 51.4 Å². The Labute approximate surface area is 283 Å². The first-order valence-electron chi connectivity index (χ1n) is 15.9. The first-order valence-corrected chi connectivity index (χ1v) is 15.9. The summed E-state index contributed by atoms with van der Waals surface area (Å²) in [4.78, 5) is 39.7. The molecule has 0 spiro atoms. The monoisotopic (exact) mass is 778 g/mol. The molecule has 0 saturated heterocycles. The molecule has 0 unspecified atom stereocenters. The summed E-state index contributed by atoms with van der Waals surface area (Å²) in [5.74, 6) is -3.68. The van der Waals surface area contributed by atoms with Crippen molar-refractivity contribution in [2.75, 3.05) is 0 Å². The van der Waals surface area contributed by atoms with Gasteiger partial charge in [-0.25, -0.2) is 0 Å². The van der Waals surface area contributed by atoms with Crippen LogP contribution < -0.4 is 20.4 Å². The summed E-state index contributed by atoms with van der Waals surface area (Å²) in [6.07, 6.45) is 22.4. The third-order valence-electron chi connectivity index (χ3n) is 5.94. The number of hydrogen-bond donors (Lipinski definition) is 0. The number of carboxylic acids is 4. The van der Waals surface area contributed by atoms with Gasteiger partial charge >= 0.3 is 39.0 Å². The molecule has 0 aliphatic heterocycles. The van der Waals surface area contributed by atoms with Crippen LogP contribution in [0.3, 0.4) is 0 Å². The van der Waals surface area contributed by atoms with Gasteiger partial charge in [-0.2, -0.15) is 0 Å².